The van der Waals surface area contributed by atoms with E-state index >= 15 is 0 Å². The highest BCUT2D eigenvalue weighted by molar-refractivity contribution is 9.10. The van der Waals surface area contributed by atoms with Crippen molar-refractivity contribution in [3.05, 3.63) is 16.0 Å². The number of halogens is 1. The van der Waals surface area contributed by atoms with Crippen molar-refractivity contribution >= 4 is 21.7 Å². The van der Waals surface area contributed by atoms with Crippen molar-refractivity contribution in [1.29, 1.82) is 0 Å². The highest BCUT2D eigenvalue weighted by Gasteiger charge is 2.28. The van der Waals surface area contributed by atoms with Gasteiger partial charge in [-0.25, -0.2) is 9.97 Å². The van der Waals surface area contributed by atoms with Gasteiger partial charge in [-0.05, 0) is 48.0 Å². The van der Waals surface area contributed by atoms with Crippen LogP contribution in [0.4, 0.5) is 5.82 Å². The van der Waals surface area contributed by atoms with Crippen LogP contribution in [0.25, 0.3) is 0 Å². The number of nitrogens with zero attached hydrogens (tertiary/aromatic N) is 2. The molecule has 0 aromatic carbocycles. The third kappa shape index (κ3) is 3.50. The van der Waals surface area contributed by atoms with Crippen LogP contribution in [-0.4, -0.2) is 16.6 Å². The van der Waals surface area contributed by atoms with Gasteiger partial charge in [-0.2, -0.15) is 0 Å². The molecule has 2 N–H and O–H groups in total. The molecule has 112 valence electrons. The van der Waals surface area contributed by atoms with E-state index in [9.17, 15) is 0 Å². The van der Waals surface area contributed by atoms with Crippen LogP contribution in [-0.2, 0) is 11.2 Å². The molecule has 5 heteroatoms. The molecule has 1 heterocycles. The van der Waals surface area contributed by atoms with E-state index in [1.165, 1.54) is 32.1 Å². The zero-order valence-electron chi connectivity index (χ0n) is 12.4. The molecule has 1 aliphatic rings. The summed E-state index contributed by atoms with van der Waals surface area (Å²) in [6, 6.07) is 0. The number of nitrogens with two attached hydrogens (primary N) is 1. The first-order valence-corrected chi connectivity index (χ1v) is 8.40. The number of hydrogen-bond acceptors (Lipinski definition) is 4. The minimum Gasteiger partial charge on any atom is -0.383 e. The van der Waals surface area contributed by atoms with Gasteiger partial charge < -0.3 is 10.5 Å². The number of rotatable bonds is 5. The molecule has 1 atom stereocenters. The average Bonchev–Trinajstić information content (AvgIpc) is 2.48. The van der Waals surface area contributed by atoms with Gasteiger partial charge in [-0.15, -0.1) is 0 Å². The first-order valence-electron chi connectivity index (χ1n) is 7.60. The summed E-state index contributed by atoms with van der Waals surface area (Å²) in [5.41, 5.74) is 6.97. The van der Waals surface area contributed by atoms with Crippen molar-refractivity contribution < 1.29 is 4.74 Å². The van der Waals surface area contributed by atoms with Crippen molar-refractivity contribution in [2.75, 3.05) is 12.3 Å². The molecule has 20 heavy (non-hydrogen) atoms. The lowest BCUT2D eigenvalue weighted by Crippen LogP contribution is -2.22. The van der Waals surface area contributed by atoms with Gasteiger partial charge in [0, 0.05) is 6.61 Å². The predicted molar refractivity (Wildman–Crippen MR) is 84.5 cm³/mol. The van der Waals surface area contributed by atoms with Crippen LogP contribution in [0.1, 0.15) is 63.6 Å². The summed E-state index contributed by atoms with van der Waals surface area (Å²) in [4.78, 5) is 9.15. The Morgan fingerprint density at radius 3 is 2.55 bits per heavy atom. The Hall–Kier alpha value is -0.680. The molecule has 0 radical (unpaired) electrons. The van der Waals surface area contributed by atoms with Gasteiger partial charge in [0.05, 0.1) is 10.2 Å². The van der Waals surface area contributed by atoms with Crippen molar-refractivity contribution in [3.63, 3.8) is 0 Å². The Kier molecular flexibility index (Phi) is 5.78. The highest BCUT2D eigenvalue weighted by Crippen LogP contribution is 2.36. The first kappa shape index (κ1) is 15.7. The number of hydrogen-bond donors (Lipinski definition) is 1. The van der Waals surface area contributed by atoms with Crippen LogP contribution >= 0.6 is 15.9 Å². The molecule has 1 fully saturated rings. The van der Waals surface area contributed by atoms with E-state index in [4.69, 9.17) is 10.5 Å². The van der Waals surface area contributed by atoms with Crippen LogP contribution in [0.3, 0.4) is 0 Å². The van der Waals surface area contributed by atoms with Gasteiger partial charge in [0.1, 0.15) is 11.9 Å². The molecule has 1 aliphatic carbocycles. The fourth-order valence-electron chi connectivity index (χ4n) is 2.93. The summed E-state index contributed by atoms with van der Waals surface area (Å²) >= 11 is 3.47. The Bertz CT molecular complexity index is 447. The number of anilines is 1. The molecule has 4 nitrogen and oxygen atoms in total. The summed E-state index contributed by atoms with van der Waals surface area (Å²) in [6.45, 7) is 4.79. The molecule has 1 saturated carbocycles. The Balaban J connectivity index is 2.30. The lowest BCUT2D eigenvalue weighted by molar-refractivity contribution is -0.000238. The minimum atomic E-state index is -0.0130. The van der Waals surface area contributed by atoms with Crippen LogP contribution in [0.2, 0.25) is 0 Å². The molecule has 0 saturated heterocycles. The zero-order valence-corrected chi connectivity index (χ0v) is 13.9. The van der Waals surface area contributed by atoms with Crippen molar-refractivity contribution in [2.24, 2.45) is 5.92 Å². The molecule has 0 spiro atoms. The Morgan fingerprint density at radius 1 is 1.25 bits per heavy atom. The summed E-state index contributed by atoms with van der Waals surface area (Å²) < 4.78 is 6.79. The van der Waals surface area contributed by atoms with Gasteiger partial charge in [0.25, 0.3) is 0 Å². The molecule has 1 aromatic heterocycles. The molecule has 2 rings (SSSR count). The maximum atomic E-state index is 6.01. The van der Waals surface area contributed by atoms with E-state index in [1.807, 2.05) is 6.92 Å². The topological polar surface area (TPSA) is 61.0 Å². The van der Waals surface area contributed by atoms with Crippen molar-refractivity contribution in [2.45, 2.75) is 58.5 Å². The number of aryl methyl sites for hydroxylation is 1. The third-order valence-corrected chi connectivity index (χ3v) is 4.84. The second kappa shape index (κ2) is 7.36. The standard InChI is InChI=1S/C15H24BrN3O/c1-3-11-12(16)14(17)19-15(18-11)13(20-4-2)10-8-6-5-7-9-10/h10,13H,3-9H2,1-2H3,(H2,17,18,19). The van der Waals surface area contributed by atoms with E-state index in [-0.39, 0.29) is 6.10 Å². The van der Waals surface area contributed by atoms with Crippen LogP contribution in [0, 0.1) is 5.92 Å². The first-order chi connectivity index (χ1) is 9.67. The monoisotopic (exact) mass is 341 g/mol. The van der Waals surface area contributed by atoms with Crippen molar-refractivity contribution in [1.82, 2.24) is 9.97 Å². The summed E-state index contributed by atoms with van der Waals surface area (Å²) in [6.07, 6.45) is 7.11. The maximum Gasteiger partial charge on any atom is 0.160 e. The van der Waals surface area contributed by atoms with Crippen LogP contribution in [0.15, 0.2) is 4.47 Å². The maximum absolute atomic E-state index is 6.01. The Morgan fingerprint density at radius 2 is 1.95 bits per heavy atom. The second-order valence-electron chi connectivity index (χ2n) is 5.36. The van der Waals surface area contributed by atoms with E-state index < -0.39 is 0 Å². The van der Waals surface area contributed by atoms with Gasteiger partial charge in [0.15, 0.2) is 5.82 Å². The fourth-order valence-corrected chi connectivity index (χ4v) is 3.39. The van der Waals surface area contributed by atoms with Gasteiger partial charge in [-0.3, -0.25) is 0 Å². The van der Waals surface area contributed by atoms with Crippen molar-refractivity contribution in [3.8, 4) is 0 Å². The lowest BCUT2D eigenvalue weighted by atomic mass is 9.85. The third-order valence-electron chi connectivity index (χ3n) is 3.98. The zero-order chi connectivity index (χ0) is 14.5. The number of nitrogen functional groups attached to an aromatic ring is 1. The van der Waals surface area contributed by atoms with E-state index in [0.29, 0.717) is 18.3 Å². The van der Waals surface area contributed by atoms with E-state index in [0.717, 1.165) is 22.4 Å². The van der Waals surface area contributed by atoms with Gasteiger partial charge in [-0.1, -0.05) is 26.2 Å². The van der Waals surface area contributed by atoms with Gasteiger partial charge in [0.2, 0.25) is 0 Å². The van der Waals surface area contributed by atoms with E-state index in [1.54, 1.807) is 0 Å². The molecule has 1 aromatic rings. The molecular weight excluding hydrogens is 318 g/mol. The largest absolute Gasteiger partial charge is 0.383 e. The summed E-state index contributed by atoms with van der Waals surface area (Å²) in [5.74, 6) is 1.80. The van der Waals surface area contributed by atoms with Crippen LogP contribution in [0.5, 0.6) is 0 Å². The lowest BCUT2D eigenvalue weighted by Gasteiger charge is -2.29. The Labute approximate surface area is 129 Å². The second-order valence-corrected chi connectivity index (χ2v) is 6.15. The molecular formula is C15H24BrN3O. The number of ether oxygens (including phenoxy) is 1. The molecule has 0 amide bonds. The minimum absolute atomic E-state index is 0.0130. The van der Waals surface area contributed by atoms with Gasteiger partial charge >= 0.3 is 0 Å². The quantitative estimate of drug-likeness (QED) is 0.877. The predicted octanol–water partition coefficient (Wildman–Crippen LogP) is 4.04. The number of aromatic nitrogens is 2. The summed E-state index contributed by atoms with van der Waals surface area (Å²) in [5, 5.41) is 0. The van der Waals surface area contributed by atoms with E-state index in [2.05, 4.69) is 32.8 Å². The molecule has 0 bridgehead atoms. The normalized spacial score (nSPS) is 18.1. The molecule has 0 aliphatic heterocycles. The highest BCUT2D eigenvalue weighted by atomic mass is 79.9. The fraction of sp³-hybridized carbons (Fsp3) is 0.733. The average molecular weight is 342 g/mol. The van der Waals surface area contributed by atoms with Crippen LogP contribution < -0.4 is 5.73 Å². The summed E-state index contributed by atoms with van der Waals surface area (Å²) in [7, 11) is 0. The SMILES string of the molecule is CCOC(c1nc(N)c(Br)c(CC)n1)C1CCCCC1. The smallest absolute Gasteiger partial charge is 0.160 e. The molecule has 1 unspecified atom stereocenters.